The minimum absolute atomic E-state index is 0.183. The Labute approximate surface area is 184 Å². The number of sulfonamides is 1. The van der Waals surface area contributed by atoms with Crippen molar-refractivity contribution in [2.24, 2.45) is 0 Å². The number of aromatic nitrogens is 4. The molecule has 0 amide bonds. The summed E-state index contributed by atoms with van der Waals surface area (Å²) in [4.78, 5) is 13.9. The van der Waals surface area contributed by atoms with Crippen LogP contribution in [0.3, 0.4) is 0 Å². The Morgan fingerprint density at radius 2 is 1.94 bits per heavy atom. The lowest BCUT2D eigenvalue weighted by Crippen LogP contribution is -2.40. The largest absolute Gasteiger partial charge is 0.454 e. The first-order valence-electron chi connectivity index (χ1n) is 9.61. The number of rotatable bonds is 6. The maximum Gasteiger partial charge on any atom is 0.231 e. The minimum atomic E-state index is -3.48. The van der Waals surface area contributed by atoms with Gasteiger partial charge >= 0.3 is 0 Å². The maximum absolute atomic E-state index is 12.4. The van der Waals surface area contributed by atoms with Crippen LogP contribution in [0.4, 0.5) is 5.82 Å². The minimum Gasteiger partial charge on any atom is -0.454 e. The zero-order valence-corrected chi connectivity index (χ0v) is 19.3. The van der Waals surface area contributed by atoms with E-state index in [1.54, 1.807) is 20.8 Å². The van der Waals surface area contributed by atoms with E-state index in [0.29, 0.717) is 34.4 Å². The summed E-state index contributed by atoms with van der Waals surface area (Å²) in [6.07, 6.45) is 1.37. The number of nitrogens with one attached hydrogen (secondary N) is 1. The highest BCUT2D eigenvalue weighted by Crippen LogP contribution is 2.40. The number of hydrogen-bond donors (Lipinski definition) is 2. The molecule has 0 radical (unpaired) electrons. The van der Waals surface area contributed by atoms with Crippen molar-refractivity contribution in [1.82, 2.24) is 24.2 Å². The van der Waals surface area contributed by atoms with Gasteiger partial charge in [-0.2, -0.15) is 0 Å². The summed E-state index contributed by atoms with van der Waals surface area (Å²) in [5.74, 6) is 1.65. The molecule has 1 aromatic carbocycles. The van der Waals surface area contributed by atoms with Crippen LogP contribution in [0.2, 0.25) is 0 Å². The van der Waals surface area contributed by atoms with Gasteiger partial charge in [-0.05, 0) is 45.4 Å². The van der Waals surface area contributed by atoms with E-state index >= 15 is 0 Å². The predicted octanol–water partition coefficient (Wildman–Crippen LogP) is 2.31. The highest BCUT2D eigenvalue weighted by Gasteiger charge is 2.28. The van der Waals surface area contributed by atoms with E-state index in [2.05, 4.69) is 19.7 Å². The van der Waals surface area contributed by atoms with Gasteiger partial charge in [-0.1, -0.05) is 11.8 Å². The van der Waals surface area contributed by atoms with Crippen LogP contribution in [-0.4, -0.2) is 46.0 Å². The first-order chi connectivity index (χ1) is 14.6. The van der Waals surface area contributed by atoms with Crippen molar-refractivity contribution in [1.29, 1.82) is 0 Å². The van der Waals surface area contributed by atoms with Crippen molar-refractivity contribution in [2.75, 3.05) is 19.1 Å². The van der Waals surface area contributed by atoms with Gasteiger partial charge in [-0.3, -0.25) is 0 Å². The molecule has 1 aliphatic heterocycles. The number of anilines is 1. The second-order valence-corrected chi connectivity index (χ2v) is 11.6. The van der Waals surface area contributed by atoms with Gasteiger partial charge < -0.3 is 19.8 Å². The summed E-state index contributed by atoms with van der Waals surface area (Å²) < 4.78 is 39.3. The Hall–Kier alpha value is -2.57. The van der Waals surface area contributed by atoms with Gasteiger partial charge in [0.15, 0.2) is 33.6 Å². The molecule has 12 heteroatoms. The number of benzene rings is 1. The number of aryl methyl sites for hydroxylation is 1. The molecule has 3 N–H and O–H groups in total. The standard InChI is InChI=1S/C19H24N6O4S2/c1-11-7-12-13(29-10-28-12)8-14(11)30-18-24-15-16(20)21-9-22-17(15)25(18)6-5-23-31(26,27)19(2,3)4/h7-9,23H,5-6,10H2,1-4H3,(H2,20,21,22). The summed E-state index contributed by atoms with van der Waals surface area (Å²) in [6, 6.07) is 3.83. The Bertz CT molecular complexity index is 1250. The molecular weight excluding hydrogens is 440 g/mol. The molecule has 10 nitrogen and oxygen atoms in total. The highest BCUT2D eigenvalue weighted by atomic mass is 32.2. The van der Waals surface area contributed by atoms with Crippen LogP contribution in [0.1, 0.15) is 26.3 Å². The van der Waals surface area contributed by atoms with Gasteiger partial charge in [0.25, 0.3) is 0 Å². The Kier molecular flexibility index (Phi) is 5.48. The zero-order chi connectivity index (χ0) is 22.4. The van der Waals surface area contributed by atoms with Crippen LogP contribution >= 0.6 is 11.8 Å². The molecule has 0 saturated heterocycles. The van der Waals surface area contributed by atoms with Gasteiger partial charge in [0.05, 0.1) is 4.75 Å². The third-order valence-corrected chi connectivity index (χ3v) is 8.18. The molecule has 0 unspecified atom stereocenters. The van der Waals surface area contributed by atoms with Crippen molar-refractivity contribution in [3.63, 3.8) is 0 Å². The van der Waals surface area contributed by atoms with Crippen molar-refractivity contribution in [3.05, 3.63) is 24.0 Å². The van der Waals surface area contributed by atoms with E-state index in [4.69, 9.17) is 15.2 Å². The van der Waals surface area contributed by atoms with Crippen molar-refractivity contribution < 1.29 is 17.9 Å². The fourth-order valence-corrected chi connectivity index (χ4v) is 4.76. The van der Waals surface area contributed by atoms with Gasteiger partial charge in [-0.25, -0.2) is 28.1 Å². The van der Waals surface area contributed by atoms with Crippen LogP contribution in [0, 0.1) is 6.92 Å². The first kappa shape index (κ1) is 21.7. The van der Waals surface area contributed by atoms with E-state index < -0.39 is 14.8 Å². The van der Waals surface area contributed by atoms with E-state index in [-0.39, 0.29) is 19.2 Å². The molecule has 0 spiro atoms. The average molecular weight is 465 g/mol. The lowest BCUT2D eigenvalue weighted by atomic mass is 10.2. The monoisotopic (exact) mass is 464 g/mol. The van der Waals surface area contributed by atoms with E-state index in [9.17, 15) is 8.42 Å². The maximum atomic E-state index is 12.4. The third-order valence-electron chi connectivity index (χ3n) is 4.83. The first-order valence-corrected chi connectivity index (χ1v) is 11.9. The summed E-state index contributed by atoms with van der Waals surface area (Å²) in [6.45, 7) is 7.64. The van der Waals surface area contributed by atoms with E-state index in [1.165, 1.54) is 18.1 Å². The molecule has 3 aromatic rings. The van der Waals surface area contributed by atoms with Gasteiger partial charge in [0.1, 0.15) is 6.33 Å². The summed E-state index contributed by atoms with van der Waals surface area (Å²) in [7, 11) is -3.48. The normalized spacial score (nSPS) is 13.8. The number of hydrogen-bond acceptors (Lipinski definition) is 9. The second kappa shape index (κ2) is 7.84. The van der Waals surface area contributed by atoms with Crippen LogP contribution in [0.5, 0.6) is 11.5 Å². The molecule has 0 saturated carbocycles. The molecule has 2 aromatic heterocycles. The average Bonchev–Trinajstić information content (AvgIpc) is 3.26. The van der Waals surface area contributed by atoms with Crippen molar-refractivity contribution in [3.8, 4) is 11.5 Å². The lowest BCUT2D eigenvalue weighted by molar-refractivity contribution is 0.174. The predicted molar refractivity (Wildman–Crippen MR) is 118 cm³/mol. The topological polar surface area (TPSA) is 134 Å². The molecule has 0 fully saturated rings. The number of nitrogens with zero attached hydrogens (tertiary/aromatic N) is 4. The molecule has 1 aliphatic rings. The number of ether oxygens (including phenoxy) is 2. The Morgan fingerprint density at radius 1 is 1.23 bits per heavy atom. The van der Waals surface area contributed by atoms with Crippen LogP contribution in [0.15, 0.2) is 28.5 Å². The molecule has 31 heavy (non-hydrogen) atoms. The highest BCUT2D eigenvalue weighted by molar-refractivity contribution is 7.99. The lowest BCUT2D eigenvalue weighted by Gasteiger charge is -2.20. The van der Waals surface area contributed by atoms with Gasteiger partial charge in [0, 0.05) is 18.0 Å². The van der Waals surface area contributed by atoms with Crippen molar-refractivity contribution >= 4 is 38.8 Å². The van der Waals surface area contributed by atoms with Crippen LogP contribution in [-0.2, 0) is 16.6 Å². The molecule has 166 valence electrons. The fraction of sp³-hybridized carbons (Fsp3) is 0.421. The number of fused-ring (bicyclic) bond motifs is 2. The molecule has 0 aliphatic carbocycles. The number of nitrogens with two attached hydrogens (primary N) is 1. The molecule has 0 atom stereocenters. The summed E-state index contributed by atoms with van der Waals surface area (Å²) >= 11 is 1.42. The fourth-order valence-electron chi connectivity index (χ4n) is 2.96. The second-order valence-electron chi connectivity index (χ2n) is 8.06. The zero-order valence-electron chi connectivity index (χ0n) is 17.7. The van der Waals surface area contributed by atoms with Crippen LogP contribution < -0.4 is 19.9 Å². The van der Waals surface area contributed by atoms with Gasteiger partial charge in [-0.15, -0.1) is 0 Å². The summed E-state index contributed by atoms with van der Waals surface area (Å²) in [5, 5.41) is 0.624. The third kappa shape index (κ3) is 4.14. The van der Waals surface area contributed by atoms with E-state index in [1.807, 2.05) is 23.6 Å². The number of imidazole rings is 1. The van der Waals surface area contributed by atoms with E-state index in [0.717, 1.165) is 10.5 Å². The Balaban J connectivity index is 1.67. The quantitative estimate of drug-likeness (QED) is 0.563. The SMILES string of the molecule is Cc1cc2c(cc1Sc1nc3c(N)ncnc3n1CCNS(=O)(=O)C(C)(C)C)OCO2. The molecule has 4 rings (SSSR count). The smallest absolute Gasteiger partial charge is 0.231 e. The summed E-state index contributed by atoms with van der Waals surface area (Å²) in [5.41, 5.74) is 8.03. The Morgan fingerprint density at radius 3 is 2.65 bits per heavy atom. The van der Waals surface area contributed by atoms with Crippen molar-refractivity contribution in [2.45, 2.75) is 49.0 Å². The van der Waals surface area contributed by atoms with Gasteiger partial charge in [0.2, 0.25) is 16.8 Å². The molecule has 3 heterocycles. The molecule has 0 bridgehead atoms. The molecular formula is C19H24N6O4S2. The van der Waals surface area contributed by atoms with Crippen LogP contribution in [0.25, 0.3) is 11.2 Å². The number of nitrogen functional groups attached to an aromatic ring is 1.